The summed E-state index contributed by atoms with van der Waals surface area (Å²) in [7, 11) is 0. The summed E-state index contributed by atoms with van der Waals surface area (Å²) in [6.45, 7) is 3.68. The van der Waals surface area contributed by atoms with Crippen LogP contribution < -0.4 is 10.9 Å². The van der Waals surface area contributed by atoms with Crippen LogP contribution in [0, 0.1) is 12.3 Å². The van der Waals surface area contributed by atoms with Gasteiger partial charge in [-0.05, 0) is 6.92 Å². The van der Waals surface area contributed by atoms with E-state index in [1.807, 2.05) is 17.6 Å². The summed E-state index contributed by atoms with van der Waals surface area (Å²) in [6.07, 6.45) is 0. The molecule has 0 fully saturated rings. The Labute approximate surface area is 64.4 Å². The molecule has 0 bridgehead atoms. The quantitative estimate of drug-likeness (QED) is 0.551. The zero-order valence-corrected chi connectivity index (χ0v) is 6.39. The Balaban J connectivity index is 2.70. The molecule has 0 spiro atoms. The molecule has 0 aliphatic carbocycles. The van der Waals surface area contributed by atoms with Crippen molar-refractivity contribution in [2.24, 2.45) is 0 Å². The molecule has 4 heteroatoms. The molecule has 0 radical (unpaired) electrons. The van der Waals surface area contributed by atoms with Gasteiger partial charge in [0.1, 0.15) is 5.82 Å². The molecule has 58 valence electrons. The fraction of sp³-hybridized carbons (Fsp3) is 0.429. The van der Waals surface area contributed by atoms with Gasteiger partial charge in [0.25, 0.3) is 0 Å². The van der Waals surface area contributed by atoms with E-state index in [-0.39, 0.29) is 0 Å². The van der Waals surface area contributed by atoms with Gasteiger partial charge in [0.05, 0.1) is 0 Å². The normalized spacial score (nSPS) is 14.3. The molecule has 0 aromatic carbocycles. The summed E-state index contributed by atoms with van der Waals surface area (Å²) in [4.78, 5) is 4.03. The second kappa shape index (κ2) is 2.08. The van der Waals surface area contributed by atoms with E-state index in [9.17, 15) is 0 Å². The molecular weight excluding hydrogens is 140 g/mol. The van der Waals surface area contributed by atoms with Crippen LogP contribution in [-0.2, 0) is 6.54 Å². The first-order valence-electron chi connectivity index (χ1n) is 3.64. The molecule has 1 aromatic heterocycles. The molecule has 0 atom stereocenters. The van der Waals surface area contributed by atoms with E-state index in [1.54, 1.807) is 0 Å². The Kier molecular flexibility index (Phi) is 1.21. The molecule has 2 heterocycles. The summed E-state index contributed by atoms with van der Waals surface area (Å²) < 4.78 is 1.87. The van der Waals surface area contributed by atoms with Crippen LogP contribution in [0.3, 0.4) is 0 Å². The Morgan fingerprint density at radius 3 is 3.36 bits per heavy atom. The van der Waals surface area contributed by atoms with E-state index >= 15 is 0 Å². The maximum Gasteiger partial charge on any atom is 0.223 e. The van der Waals surface area contributed by atoms with Crippen molar-refractivity contribution >= 4 is 5.82 Å². The van der Waals surface area contributed by atoms with Crippen LogP contribution in [0.4, 0.5) is 5.82 Å². The van der Waals surface area contributed by atoms with Gasteiger partial charge in [-0.15, -0.1) is 0 Å². The molecule has 1 aromatic rings. The largest absolute Gasteiger partial charge is 0.370 e. The Hall–Kier alpha value is -1.32. The highest BCUT2D eigenvalue weighted by atomic mass is 15.2. The number of fused-ring (bicyclic) bond motifs is 1. The first-order chi connectivity index (χ1) is 5.27. The van der Waals surface area contributed by atoms with Crippen molar-refractivity contribution in [2.75, 3.05) is 11.9 Å². The average Bonchev–Trinajstić information content (AvgIpc) is 2.34. The average molecular weight is 150 g/mol. The molecule has 2 N–H and O–H groups in total. The second-order valence-corrected chi connectivity index (χ2v) is 2.68. The van der Waals surface area contributed by atoms with Crippen molar-refractivity contribution in [3.05, 3.63) is 17.4 Å². The molecule has 1 aliphatic rings. The van der Waals surface area contributed by atoms with Crippen LogP contribution in [-0.4, -0.2) is 16.1 Å². The molecule has 1 aliphatic heterocycles. The Morgan fingerprint density at radius 1 is 1.73 bits per heavy atom. The van der Waals surface area contributed by atoms with E-state index in [4.69, 9.17) is 5.41 Å². The van der Waals surface area contributed by atoms with Crippen LogP contribution >= 0.6 is 0 Å². The van der Waals surface area contributed by atoms with Crippen molar-refractivity contribution in [1.29, 1.82) is 5.41 Å². The van der Waals surface area contributed by atoms with Crippen LogP contribution in [0.5, 0.6) is 0 Å². The molecule has 0 saturated carbocycles. The number of nitrogens with zero attached hydrogens (tertiary/aromatic N) is 2. The molecule has 0 amide bonds. The number of anilines is 1. The van der Waals surface area contributed by atoms with Gasteiger partial charge in [0.15, 0.2) is 0 Å². The topological polar surface area (TPSA) is 53.7 Å². The lowest BCUT2D eigenvalue weighted by molar-refractivity contribution is 0.704. The van der Waals surface area contributed by atoms with Crippen LogP contribution in [0.25, 0.3) is 0 Å². The van der Waals surface area contributed by atoms with Crippen molar-refractivity contribution in [3.8, 4) is 0 Å². The van der Waals surface area contributed by atoms with Gasteiger partial charge in [-0.3, -0.25) is 9.98 Å². The Bertz CT molecular complexity index is 339. The first kappa shape index (κ1) is 6.39. The third-order valence-electron chi connectivity index (χ3n) is 1.82. The van der Waals surface area contributed by atoms with Crippen molar-refractivity contribution in [2.45, 2.75) is 13.5 Å². The van der Waals surface area contributed by atoms with E-state index < -0.39 is 0 Å². The summed E-state index contributed by atoms with van der Waals surface area (Å²) in [5.41, 5.74) is 1.25. The maximum atomic E-state index is 7.50. The van der Waals surface area contributed by atoms with E-state index in [0.29, 0.717) is 5.62 Å². The predicted octanol–water partition coefficient (Wildman–Crippen LogP) is 0.0965. The summed E-state index contributed by atoms with van der Waals surface area (Å²) in [5, 5.41) is 10.7. The maximum absolute atomic E-state index is 7.50. The SMILES string of the molecule is Cc1cc2n(c(=N)n1)CCN2. The minimum Gasteiger partial charge on any atom is -0.370 e. The lowest BCUT2D eigenvalue weighted by Gasteiger charge is -2.02. The van der Waals surface area contributed by atoms with Crippen molar-refractivity contribution in [1.82, 2.24) is 9.55 Å². The van der Waals surface area contributed by atoms with Crippen LogP contribution in [0.1, 0.15) is 5.69 Å². The van der Waals surface area contributed by atoms with Gasteiger partial charge in [-0.1, -0.05) is 0 Å². The number of aromatic nitrogens is 2. The zero-order valence-electron chi connectivity index (χ0n) is 6.39. The molecular formula is C7H10N4. The monoisotopic (exact) mass is 150 g/mol. The fourth-order valence-electron chi connectivity index (χ4n) is 1.32. The number of nitrogens with one attached hydrogen (secondary N) is 2. The van der Waals surface area contributed by atoms with Crippen LogP contribution in [0.2, 0.25) is 0 Å². The van der Waals surface area contributed by atoms with Crippen molar-refractivity contribution in [3.63, 3.8) is 0 Å². The van der Waals surface area contributed by atoms with Crippen LogP contribution in [0.15, 0.2) is 6.07 Å². The summed E-state index contributed by atoms with van der Waals surface area (Å²) >= 11 is 0. The van der Waals surface area contributed by atoms with Gasteiger partial charge >= 0.3 is 0 Å². The van der Waals surface area contributed by atoms with Gasteiger partial charge in [0, 0.05) is 24.8 Å². The van der Waals surface area contributed by atoms with E-state index in [1.165, 1.54) is 0 Å². The van der Waals surface area contributed by atoms with Gasteiger partial charge in [-0.25, -0.2) is 4.98 Å². The third-order valence-corrected chi connectivity index (χ3v) is 1.82. The van der Waals surface area contributed by atoms with Gasteiger partial charge in [0.2, 0.25) is 5.62 Å². The highest BCUT2D eigenvalue weighted by Crippen LogP contribution is 2.09. The van der Waals surface area contributed by atoms with E-state index in [2.05, 4.69) is 10.3 Å². The smallest absolute Gasteiger partial charge is 0.223 e. The fourth-order valence-corrected chi connectivity index (χ4v) is 1.32. The third kappa shape index (κ3) is 0.906. The van der Waals surface area contributed by atoms with Crippen molar-refractivity contribution < 1.29 is 0 Å². The van der Waals surface area contributed by atoms with Gasteiger partial charge in [-0.2, -0.15) is 0 Å². The molecule has 2 rings (SSSR count). The standard InChI is InChI=1S/C7H10N4/c1-5-4-6-9-2-3-11(6)7(8)10-5/h4,8-9H,2-3H2,1H3. The van der Waals surface area contributed by atoms with Gasteiger partial charge < -0.3 is 5.32 Å². The lowest BCUT2D eigenvalue weighted by atomic mass is 10.4. The molecule has 11 heavy (non-hydrogen) atoms. The zero-order chi connectivity index (χ0) is 7.84. The second-order valence-electron chi connectivity index (χ2n) is 2.68. The van der Waals surface area contributed by atoms with E-state index in [0.717, 1.165) is 24.6 Å². The number of aryl methyl sites for hydroxylation is 1. The number of hydrogen-bond acceptors (Lipinski definition) is 3. The number of hydrogen-bond donors (Lipinski definition) is 2. The minimum atomic E-state index is 0.352. The highest BCUT2D eigenvalue weighted by Gasteiger charge is 2.08. The highest BCUT2D eigenvalue weighted by molar-refractivity contribution is 5.38. The minimum absolute atomic E-state index is 0.352. The molecule has 4 nitrogen and oxygen atoms in total. The molecule has 0 unspecified atom stereocenters. The summed E-state index contributed by atoms with van der Waals surface area (Å²) in [6, 6.07) is 1.96. The predicted molar refractivity (Wildman–Crippen MR) is 41.3 cm³/mol. The molecule has 0 saturated heterocycles. The first-order valence-corrected chi connectivity index (χ1v) is 3.64. The summed E-state index contributed by atoms with van der Waals surface area (Å²) in [5.74, 6) is 1.02. The lowest BCUT2D eigenvalue weighted by Crippen LogP contribution is -2.21. The Morgan fingerprint density at radius 2 is 2.55 bits per heavy atom. The number of rotatable bonds is 0.